The van der Waals surface area contributed by atoms with Crippen LogP contribution in [0.2, 0.25) is 0 Å². The van der Waals surface area contributed by atoms with Gasteiger partial charge in [0.2, 0.25) is 11.8 Å². The number of nitrogens with one attached hydrogen (secondary N) is 3. The number of amides is 2. The van der Waals surface area contributed by atoms with Crippen LogP contribution in [0.25, 0.3) is 0 Å². The molecule has 1 unspecified atom stereocenters. The van der Waals surface area contributed by atoms with Crippen molar-refractivity contribution in [2.24, 2.45) is 5.92 Å². The average molecular weight is 658 g/mol. The topological polar surface area (TPSA) is 137 Å². The third-order valence-electron chi connectivity index (χ3n) is 6.68. The van der Waals surface area contributed by atoms with Crippen molar-refractivity contribution in [1.82, 2.24) is 20.3 Å². The quantitative estimate of drug-likeness (QED) is 0.0698. The molecule has 0 saturated carbocycles. The fourth-order valence-electron chi connectivity index (χ4n) is 4.51. The van der Waals surface area contributed by atoms with Gasteiger partial charge in [-0.1, -0.05) is 56.3 Å². The van der Waals surface area contributed by atoms with E-state index in [4.69, 9.17) is 0 Å². The van der Waals surface area contributed by atoms with Crippen LogP contribution in [-0.2, 0) is 22.6 Å². The predicted molar refractivity (Wildman–Crippen MR) is 179 cm³/mol. The van der Waals surface area contributed by atoms with E-state index in [1.807, 2.05) is 30.3 Å². The Kier molecular flexibility index (Phi) is 14.9. The van der Waals surface area contributed by atoms with E-state index in [1.54, 1.807) is 35.8 Å². The molecule has 45 heavy (non-hydrogen) atoms. The molecule has 0 heterocycles. The molecule has 3 aromatic rings. The highest BCUT2D eigenvalue weighted by Gasteiger charge is 2.26. The fraction of sp³-hybridized carbons (Fsp3) is 0.375. The van der Waals surface area contributed by atoms with Crippen LogP contribution in [0.5, 0.6) is 0 Å². The van der Waals surface area contributed by atoms with Crippen LogP contribution in [0.15, 0.2) is 78.9 Å². The second-order valence-corrected chi connectivity index (χ2v) is 15.4. The van der Waals surface area contributed by atoms with Gasteiger partial charge in [-0.3, -0.25) is 19.7 Å². The van der Waals surface area contributed by atoms with Gasteiger partial charge in [0.25, 0.3) is 5.69 Å². The van der Waals surface area contributed by atoms with E-state index in [1.165, 1.54) is 24.3 Å². The molecule has 0 aliphatic rings. The number of nitro benzene ring substituents is 1. The number of aliphatic hydroxyl groups excluding tert-OH is 1. The molecule has 0 aliphatic heterocycles. The number of rotatable bonds is 18. The summed E-state index contributed by atoms with van der Waals surface area (Å²) >= 11 is 1.60. The lowest BCUT2D eigenvalue weighted by molar-refractivity contribution is -0.384. The molecule has 0 fully saturated rings. The van der Waals surface area contributed by atoms with Crippen molar-refractivity contribution in [3.63, 3.8) is 0 Å². The van der Waals surface area contributed by atoms with Gasteiger partial charge in [0, 0.05) is 31.8 Å². The number of halogens is 1. The van der Waals surface area contributed by atoms with Crippen molar-refractivity contribution in [3.05, 3.63) is 106 Å². The Bertz CT molecular complexity index is 1390. The first-order valence-corrected chi connectivity index (χ1v) is 17.8. The Balaban J connectivity index is 1.60. The molecular weight excluding hydrogens is 616 g/mol. The number of nitro groups is 1. The zero-order valence-corrected chi connectivity index (χ0v) is 27.4. The number of carbonyl (C=O) groups is 2. The van der Waals surface area contributed by atoms with Gasteiger partial charge in [0.15, 0.2) is 0 Å². The largest absolute Gasteiger partial charge is 0.390 e. The Morgan fingerprint density at radius 3 is 2.31 bits per heavy atom. The molecule has 13 heteroatoms. The minimum atomic E-state index is -0.927. The van der Waals surface area contributed by atoms with Crippen LogP contribution in [0, 0.1) is 21.8 Å². The van der Waals surface area contributed by atoms with E-state index >= 15 is 0 Å². The lowest BCUT2D eigenvalue weighted by Crippen LogP contribution is -2.51. The third-order valence-corrected chi connectivity index (χ3v) is 10.5. The molecule has 4 N–H and O–H groups in total. The highest BCUT2D eigenvalue weighted by molar-refractivity contribution is 8.56. The van der Waals surface area contributed by atoms with Crippen LogP contribution in [0.1, 0.15) is 25.0 Å². The molecule has 3 atom stereocenters. The Morgan fingerprint density at radius 1 is 0.978 bits per heavy atom. The number of hydrogen-bond donors (Lipinski definition) is 4. The maximum absolute atomic E-state index is 13.4. The lowest BCUT2D eigenvalue weighted by atomic mass is 10.0. The number of nitrogens with zero attached hydrogens (tertiary/aromatic N) is 2. The highest BCUT2D eigenvalue weighted by Crippen LogP contribution is 2.47. The van der Waals surface area contributed by atoms with Crippen LogP contribution in [-0.4, -0.2) is 71.1 Å². The molecule has 3 aromatic carbocycles. The molecule has 10 nitrogen and oxygen atoms in total. The van der Waals surface area contributed by atoms with Crippen molar-refractivity contribution < 1.29 is 24.0 Å². The summed E-state index contributed by atoms with van der Waals surface area (Å²) < 4.78 is 15.5. The first kappa shape index (κ1) is 36.1. The van der Waals surface area contributed by atoms with Gasteiger partial charge >= 0.3 is 0 Å². The monoisotopic (exact) mass is 657 g/mol. The van der Waals surface area contributed by atoms with Gasteiger partial charge in [0.1, 0.15) is 5.82 Å². The molecule has 0 aromatic heterocycles. The van der Waals surface area contributed by atoms with Gasteiger partial charge in [-0.05, 0) is 78.4 Å². The second kappa shape index (κ2) is 18.5. The molecule has 242 valence electrons. The van der Waals surface area contributed by atoms with Crippen molar-refractivity contribution in [2.45, 2.75) is 39.0 Å². The molecule has 0 spiro atoms. The van der Waals surface area contributed by atoms with E-state index < -0.39 is 30.1 Å². The van der Waals surface area contributed by atoms with Gasteiger partial charge in [-0.15, -0.1) is 0 Å². The molecule has 2 amide bonds. The summed E-state index contributed by atoms with van der Waals surface area (Å²) in [5.41, 5.74) is 1.68. The van der Waals surface area contributed by atoms with Crippen molar-refractivity contribution in [1.29, 1.82) is 0 Å². The Morgan fingerprint density at radius 2 is 1.67 bits per heavy atom. The third kappa shape index (κ3) is 13.2. The molecule has 0 saturated heterocycles. The maximum atomic E-state index is 13.4. The smallest absolute Gasteiger partial charge is 0.269 e. The van der Waals surface area contributed by atoms with Gasteiger partial charge in [0.05, 0.1) is 30.2 Å². The summed E-state index contributed by atoms with van der Waals surface area (Å²) in [5, 5.41) is 31.9. The molecule has 3 rings (SSSR count). The van der Waals surface area contributed by atoms with Crippen LogP contribution < -0.4 is 21.3 Å². The normalized spacial score (nSPS) is 13.3. The SMILES string of the molecule is CC(C)CN(C[C@@H](O)[C@H](Cc1ccccc1)NC(=O)CNC(=O)CNCc1cccc(F)c1)SP(C)c1ccc([N+](=O)[O-])cc1. The standard InChI is InChI=1S/C32H41FN5O5PS/c1-23(2)21-37(45-44(3)28-14-12-27(13-15-28)38(42)43)22-30(39)29(17-24-8-5-4-6-9-24)36-32(41)20-35-31(40)19-34-18-25-10-7-11-26(33)16-25/h4-16,23,29-30,34,39H,17-22H2,1-3H3,(H,35,40)(H,36,41)/t29-,30+,44?/m0/s1. The zero-order valence-electron chi connectivity index (χ0n) is 25.7. The first-order chi connectivity index (χ1) is 21.5. The summed E-state index contributed by atoms with van der Waals surface area (Å²) in [6.45, 7) is 7.20. The van der Waals surface area contributed by atoms with E-state index in [0.717, 1.165) is 10.9 Å². The maximum Gasteiger partial charge on any atom is 0.269 e. The van der Waals surface area contributed by atoms with Crippen LogP contribution in [0.3, 0.4) is 0 Å². The summed E-state index contributed by atoms with van der Waals surface area (Å²) in [6.07, 6.45) is -0.537. The van der Waals surface area contributed by atoms with E-state index in [-0.39, 0.29) is 37.0 Å². The van der Waals surface area contributed by atoms with Gasteiger partial charge in [-0.2, -0.15) is 0 Å². The average Bonchev–Trinajstić information content (AvgIpc) is 3.00. The van der Waals surface area contributed by atoms with Crippen LogP contribution in [0.4, 0.5) is 10.1 Å². The van der Waals surface area contributed by atoms with E-state index in [9.17, 15) is 29.2 Å². The second-order valence-electron chi connectivity index (χ2n) is 11.0. The zero-order chi connectivity index (χ0) is 32.8. The molecule has 0 bridgehead atoms. The minimum Gasteiger partial charge on any atom is -0.390 e. The minimum absolute atomic E-state index is 0.0393. The Labute approximate surface area is 269 Å². The number of aliphatic hydroxyl groups is 1. The molecule has 0 radical (unpaired) electrons. The number of hydrogen-bond acceptors (Lipinski definition) is 8. The predicted octanol–water partition coefficient (Wildman–Crippen LogP) is 3.99. The van der Waals surface area contributed by atoms with Gasteiger partial charge in [-0.25, -0.2) is 8.70 Å². The van der Waals surface area contributed by atoms with E-state index in [2.05, 4.69) is 40.8 Å². The van der Waals surface area contributed by atoms with Crippen molar-refractivity contribution >= 4 is 41.5 Å². The summed E-state index contributed by atoms with van der Waals surface area (Å²) in [7, 11) is -0.778. The van der Waals surface area contributed by atoms with Gasteiger partial charge < -0.3 is 21.1 Å². The summed E-state index contributed by atoms with van der Waals surface area (Å²) in [6, 6.07) is 21.5. The molecular formula is C32H41FN5O5PS. The van der Waals surface area contributed by atoms with Crippen molar-refractivity contribution in [2.75, 3.05) is 32.8 Å². The summed E-state index contributed by atoms with van der Waals surface area (Å²) in [5.74, 6) is -0.866. The van der Waals surface area contributed by atoms with Crippen molar-refractivity contribution in [3.8, 4) is 0 Å². The van der Waals surface area contributed by atoms with Crippen LogP contribution >= 0.6 is 18.7 Å². The highest BCUT2D eigenvalue weighted by atomic mass is 32.7. The number of carbonyl (C=O) groups excluding carboxylic acids is 2. The van der Waals surface area contributed by atoms with E-state index in [0.29, 0.717) is 31.0 Å². The fourth-order valence-corrected chi connectivity index (χ4v) is 8.19. The summed E-state index contributed by atoms with van der Waals surface area (Å²) in [4.78, 5) is 35.9. The Hall–Kier alpha value is -3.41. The molecule has 0 aliphatic carbocycles. The number of benzene rings is 3. The lowest BCUT2D eigenvalue weighted by Gasteiger charge is -2.32. The number of non-ortho nitro benzene ring substituents is 1. The first-order valence-electron chi connectivity index (χ1n) is 14.6.